The topological polar surface area (TPSA) is 64.3 Å². The second-order valence-corrected chi connectivity index (χ2v) is 10.9. The van der Waals surface area contributed by atoms with Crippen molar-refractivity contribution in [3.63, 3.8) is 0 Å². The number of carboxylic acid groups (broad SMARTS) is 1. The third kappa shape index (κ3) is 5.39. The first-order chi connectivity index (χ1) is 17.9. The maximum Gasteiger partial charge on any atom is 0.335 e. The third-order valence-electron chi connectivity index (χ3n) is 6.30. The molecular formula is C28H24Cl2F2N2O3S. The van der Waals surface area contributed by atoms with Crippen LogP contribution < -0.4 is 4.74 Å². The molecule has 0 aliphatic heterocycles. The number of nitrogens with zero attached hydrogens (tertiary/aromatic N) is 2. The maximum atomic E-state index is 14.8. The highest BCUT2D eigenvalue weighted by molar-refractivity contribution is 7.98. The molecule has 1 heterocycles. The summed E-state index contributed by atoms with van der Waals surface area (Å²) in [5.41, 5.74) is 2.48. The van der Waals surface area contributed by atoms with Gasteiger partial charge in [-0.1, -0.05) is 54.9 Å². The molecule has 4 aromatic rings. The van der Waals surface area contributed by atoms with Crippen molar-refractivity contribution < 1.29 is 23.4 Å². The number of carboxylic acids is 1. The lowest BCUT2D eigenvalue weighted by molar-refractivity contribution is 0.0696. The van der Waals surface area contributed by atoms with Crippen LogP contribution in [0.1, 0.15) is 46.7 Å². The number of hydrogen-bond acceptors (Lipinski definition) is 4. The molecule has 0 aliphatic carbocycles. The lowest BCUT2D eigenvalue weighted by Crippen LogP contribution is -2.24. The van der Waals surface area contributed by atoms with E-state index < -0.39 is 17.2 Å². The molecule has 198 valence electrons. The number of thioether (sulfide) groups is 1. The third-order valence-corrected chi connectivity index (χ3v) is 7.92. The fraction of sp³-hybridized carbons (Fsp3) is 0.214. The van der Waals surface area contributed by atoms with E-state index in [1.807, 2.05) is 37.5 Å². The van der Waals surface area contributed by atoms with Gasteiger partial charge in [-0.2, -0.15) is 0 Å². The molecule has 10 heteroatoms. The Morgan fingerprint density at radius 3 is 2.37 bits per heavy atom. The lowest BCUT2D eigenvalue weighted by atomic mass is 9.80. The van der Waals surface area contributed by atoms with E-state index in [0.717, 1.165) is 23.0 Å². The van der Waals surface area contributed by atoms with Crippen molar-refractivity contribution in [2.75, 3.05) is 7.11 Å². The highest BCUT2D eigenvalue weighted by Gasteiger charge is 2.33. The molecule has 0 radical (unpaired) electrons. The average Bonchev–Trinajstić information content (AvgIpc) is 3.20. The van der Waals surface area contributed by atoms with Gasteiger partial charge in [0.2, 0.25) is 0 Å². The van der Waals surface area contributed by atoms with E-state index in [9.17, 15) is 18.7 Å². The summed E-state index contributed by atoms with van der Waals surface area (Å²) < 4.78 is 36.0. The van der Waals surface area contributed by atoms with Gasteiger partial charge in [-0.3, -0.25) is 4.57 Å². The summed E-state index contributed by atoms with van der Waals surface area (Å²) in [4.78, 5) is 16.0. The van der Waals surface area contributed by atoms with Crippen LogP contribution in [0.3, 0.4) is 0 Å². The molecule has 1 aromatic heterocycles. The summed E-state index contributed by atoms with van der Waals surface area (Å²) in [6, 6.07) is 13.8. The Bertz CT molecular complexity index is 1500. The molecule has 4 rings (SSSR count). The zero-order valence-electron chi connectivity index (χ0n) is 21.0. The standard InChI is InChI=1S/C28H24Cl2F2N2O3S/c1-15-25(28(2,3)17-5-10-21(29)24(13-17)37-4)34(19-8-6-18(31)7-9-19)27(33-15)38-14-20-22(30)11-16(26(35)36)12-23(20)32/h5-13H,14H2,1-4H3,(H,35,36). The average molecular weight is 577 g/mol. The number of aromatic nitrogens is 2. The summed E-state index contributed by atoms with van der Waals surface area (Å²) in [6.07, 6.45) is 0. The Kier molecular flexibility index (Phi) is 8.06. The summed E-state index contributed by atoms with van der Waals surface area (Å²) in [5, 5.41) is 10.2. The van der Waals surface area contributed by atoms with Gasteiger partial charge in [-0.05, 0) is 61.0 Å². The van der Waals surface area contributed by atoms with E-state index in [0.29, 0.717) is 21.6 Å². The quantitative estimate of drug-likeness (QED) is 0.215. The Labute approximate surface area is 233 Å². The van der Waals surface area contributed by atoms with Crippen LogP contribution in [0, 0.1) is 18.6 Å². The highest BCUT2D eigenvalue weighted by Crippen LogP contribution is 2.41. The molecule has 0 saturated carbocycles. The van der Waals surface area contributed by atoms with E-state index >= 15 is 0 Å². The number of benzene rings is 3. The van der Waals surface area contributed by atoms with Crippen molar-refractivity contribution in [2.45, 2.75) is 37.1 Å². The predicted octanol–water partition coefficient (Wildman–Crippen LogP) is 8.09. The first kappa shape index (κ1) is 28.0. The van der Waals surface area contributed by atoms with Crippen molar-refractivity contribution in [1.29, 1.82) is 0 Å². The Hall–Kier alpha value is -3.07. The number of hydrogen-bond donors (Lipinski definition) is 1. The zero-order valence-corrected chi connectivity index (χ0v) is 23.3. The van der Waals surface area contributed by atoms with Gasteiger partial charge >= 0.3 is 5.97 Å². The Morgan fingerprint density at radius 1 is 1.08 bits per heavy atom. The largest absolute Gasteiger partial charge is 0.495 e. The number of halogens is 4. The minimum absolute atomic E-state index is 0.0142. The zero-order chi connectivity index (χ0) is 27.8. The van der Waals surface area contributed by atoms with Gasteiger partial charge in [-0.15, -0.1) is 0 Å². The van der Waals surface area contributed by atoms with Crippen molar-refractivity contribution in [1.82, 2.24) is 9.55 Å². The van der Waals surface area contributed by atoms with Gasteiger partial charge in [0, 0.05) is 27.4 Å². The number of rotatable bonds is 8. The van der Waals surface area contributed by atoms with Crippen LogP contribution in [0.5, 0.6) is 5.75 Å². The van der Waals surface area contributed by atoms with Gasteiger partial charge in [0.1, 0.15) is 17.4 Å². The van der Waals surface area contributed by atoms with E-state index in [2.05, 4.69) is 0 Å². The number of ether oxygens (including phenoxy) is 1. The summed E-state index contributed by atoms with van der Waals surface area (Å²) in [5.74, 6) is -1.73. The molecule has 5 nitrogen and oxygen atoms in total. The molecule has 0 amide bonds. The number of imidazole rings is 1. The highest BCUT2D eigenvalue weighted by atomic mass is 35.5. The number of carbonyl (C=O) groups is 1. The van der Waals surface area contributed by atoms with E-state index in [1.54, 1.807) is 25.3 Å². The van der Waals surface area contributed by atoms with Gasteiger partial charge in [0.05, 0.1) is 29.1 Å². The number of methoxy groups -OCH3 is 1. The minimum atomic E-state index is -1.27. The molecule has 0 bridgehead atoms. The van der Waals surface area contributed by atoms with Crippen molar-refractivity contribution in [3.8, 4) is 11.4 Å². The molecule has 0 spiro atoms. The van der Waals surface area contributed by atoms with Crippen LogP contribution in [0.25, 0.3) is 5.69 Å². The van der Waals surface area contributed by atoms with E-state index in [4.69, 9.17) is 32.9 Å². The van der Waals surface area contributed by atoms with Gasteiger partial charge in [-0.25, -0.2) is 18.6 Å². The first-order valence-corrected chi connectivity index (χ1v) is 13.2. The second kappa shape index (κ2) is 11.0. The van der Waals surface area contributed by atoms with Crippen molar-refractivity contribution >= 4 is 40.9 Å². The van der Waals surface area contributed by atoms with Crippen molar-refractivity contribution in [2.24, 2.45) is 0 Å². The molecule has 0 aliphatic rings. The summed E-state index contributed by atoms with van der Waals surface area (Å²) in [7, 11) is 1.55. The number of aryl methyl sites for hydroxylation is 1. The van der Waals surface area contributed by atoms with Crippen LogP contribution >= 0.6 is 35.0 Å². The Balaban J connectivity index is 1.83. The summed E-state index contributed by atoms with van der Waals surface area (Å²) >= 11 is 13.7. The van der Waals surface area contributed by atoms with E-state index in [1.165, 1.54) is 30.0 Å². The predicted molar refractivity (Wildman–Crippen MR) is 146 cm³/mol. The molecule has 0 fully saturated rings. The normalized spacial score (nSPS) is 11.6. The van der Waals surface area contributed by atoms with Gasteiger partial charge < -0.3 is 9.84 Å². The van der Waals surface area contributed by atoms with Gasteiger partial charge in [0.15, 0.2) is 5.16 Å². The molecule has 38 heavy (non-hydrogen) atoms. The molecule has 0 saturated heterocycles. The van der Waals surface area contributed by atoms with Gasteiger partial charge in [0.25, 0.3) is 0 Å². The van der Waals surface area contributed by atoms with Crippen LogP contribution in [-0.2, 0) is 11.2 Å². The van der Waals surface area contributed by atoms with Crippen molar-refractivity contribution in [3.05, 3.63) is 104 Å². The molecule has 3 aromatic carbocycles. The van der Waals surface area contributed by atoms with Crippen LogP contribution in [0.15, 0.2) is 59.8 Å². The number of aromatic carboxylic acids is 1. The molecule has 0 atom stereocenters. The summed E-state index contributed by atoms with van der Waals surface area (Å²) in [6.45, 7) is 5.95. The second-order valence-electron chi connectivity index (χ2n) is 9.13. The minimum Gasteiger partial charge on any atom is -0.495 e. The SMILES string of the molecule is COc1cc(C(C)(C)c2c(C)nc(SCc3c(F)cc(C(=O)O)cc3Cl)n2-c2ccc(F)cc2)ccc1Cl. The fourth-order valence-electron chi connectivity index (χ4n) is 4.35. The first-order valence-electron chi connectivity index (χ1n) is 11.5. The smallest absolute Gasteiger partial charge is 0.335 e. The molecule has 1 N–H and O–H groups in total. The monoisotopic (exact) mass is 576 g/mol. The van der Waals surface area contributed by atoms with Crippen LogP contribution in [-0.4, -0.2) is 27.7 Å². The van der Waals surface area contributed by atoms with E-state index in [-0.39, 0.29) is 27.7 Å². The Morgan fingerprint density at radius 2 is 1.76 bits per heavy atom. The lowest BCUT2D eigenvalue weighted by Gasteiger charge is -2.29. The van der Waals surface area contributed by atoms with Crippen LogP contribution in [0.4, 0.5) is 8.78 Å². The maximum absolute atomic E-state index is 14.8. The van der Waals surface area contributed by atoms with Crippen LogP contribution in [0.2, 0.25) is 10.0 Å². The molecule has 0 unspecified atom stereocenters. The molecular weight excluding hydrogens is 553 g/mol. The fourth-order valence-corrected chi connectivity index (χ4v) is 5.99.